The van der Waals surface area contributed by atoms with Crippen molar-refractivity contribution < 1.29 is 9.90 Å². The van der Waals surface area contributed by atoms with E-state index < -0.39 is 0 Å². The fourth-order valence-electron chi connectivity index (χ4n) is 3.36. The number of phenols is 1. The van der Waals surface area contributed by atoms with Crippen LogP contribution in [0.4, 0.5) is 0 Å². The van der Waals surface area contributed by atoms with Crippen LogP contribution in [-0.2, 0) is 11.3 Å². The van der Waals surface area contributed by atoms with Gasteiger partial charge in [0.05, 0.1) is 5.92 Å². The summed E-state index contributed by atoms with van der Waals surface area (Å²) >= 11 is 0. The fraction of sp³-hybridized carbons (Fsp3) is 0.588. The number of carbonyl (C=O) groups excluding carboxylic acids is 1. The normalized spacial score (nSPS) is 21.5. The van der Waals surface area contributed by atoms with Gasteiger partial charge in [0.1, 0.15) is 5.75 Å². The zero-order valence-corrected chi connectivity index (χ0v) is 15.5. The summed E-state index contributed by atoms with van der Waals surface area (Å²) < 4.78 is 0. The molecule has 1 aromatic rings. The Morgan fingerprint density at radius 2 is 1.96 bits per heavy atom. The van der Waals surface area contributed by atoms with Gasteiger partial charge in [0.2, 0.25) is 5.91 Å². The van der Waals surface area contributed by atoms with Crippen LogP contribution >= 0.6 is 24.8 Å². The standard InChI is InChI=1S/C17H25N3O2.2ClH/c21-16-5-1-3-14(11-16)13-19-7-9-20(10-8-19)17(22)15-4-2-6-18-12-15;;/h1,3,5,11,15,18,21H,2,4,6-10,12-13H2;2*1H. The lowest BCUT2D eigenvalue weighted by atomic mass is 9.98. The molecule has 5 nitrogen and oxygen atoms in total. The molecule has 0 bridgehead atoms. The molecule has 1 aromatic carbocycles. The smallest absolute Gasteiger partial charge is 0.227 e. The molecule has 2 saturated heterocycles. The zero-order valence-electron chi connectivity index (χ0n) is 13.8. The van der Waals surface area contributed by atoms with Crippen molar-refractivity contribution in [2.75, 3.05) is 39.3 Å². The molecule has 0 radical (unpaired) electrons. The topological polar surface area (TPSA) is 55.8 Å². The first-order chi connectivity index (χ1) is 10.7. The van der Waals surface area contributed by atoms with E-state index in [1.165, 1.54) is 0 Å². The summed E-state index contributed by atoms with van der Waals surface area (Å²) in [6, 6.07) is 7.41. The quantitative estimate of drug-likeness (QED) is 0.846. The molecule has 1 atom stereocenters. The molecule has 24 heavy (non-hydrogen) atoms. The highest BCUT2D eigenvalue weighted by molar-refractivity contribution is 5.85. The van der Waals surface area contributed by atoms with Crippen LogP contribution in [0.15, 0.2) is 24.3 Å². The molecule has 2 N–H and O–H groups in total. The van der Waals surface area contributed by atoms with E-state index in [-0.39, 0.29) is 30.7 Å². The summed E-state index contributed by atoms with van der Waals surface area (Å²) in [5.41, 5.74) is 1.12. The van der Waals surface area contributed by atoms with Crippen LogP contribution in [0.5, 0.6) is 5.75 Å². The van der Waals surface area contributed by atoms with Gasteiger partial charge in [-0.3, -0.25) is 9.69 Å². The van der Waals surface area contributed by atoms with Gasteiger partial charge in [-0.2, -0.15) is 0 Å². The Morgan fingerprint density at radius 3 is 2.58 bits per heavy atom. The molecule has 2 heterocycles. The monoisotopic (exact) mass is 375 g/mol. The second-order valence-corrected chi connectivity index (χ2v) is 6.31. The first-order valence-corrected chi connectivity index (χ1v) is 8.22. The van der Waals surface area contributed by atoms with Crippen molar-refractivity contribution in [1.82, 2.24) is 15.1 Å². The lowest BCUT2D eigenvalue weighted by Gasteiger charge is -2.37. The van der Waals surface area contributed by atoms with Crippen LogP contribution in [-0.4, -0.2) is 60.1 Å². The number of nitrogens with zero attached hydrogens (tertiary/aromatic N) is 2. The number of carbonyl (C=O) groups is 1. The van der Waals surface area contributed by atoms with Crippen LogP contribution in [0, 0.1) is 5.92 Å². The second kappa shape index (κ2) is 10.1. The number of hydrogen-bond donors (Lipinski definition) is 2. The molecule has 7 heteroatoms. The molecule has 0 spiro atoms. The van der Waals surface area contributed by atoms with E-state index in [0.29, 0.717) is 11.7 Å². The van der Waals surface area contributed by atoms with Gasteiger partial charge < -0.3 is 15.3 Å². The van der Waals surface area contributed by atoms with Crippen LogP contribution in [0.25, 0.3) is 0 Å². The largest absolute Gasteiger partial charge is 0.508 e. The van der Waals surface area contributed by atoms with E-state index in [2.05, 4.69) is 10.2 Å². The van der Waals surface area contributed by atoms with Gasteiger partial charge >= 0.3 is 0 Å². The Bertz CT molecular complexity index is 516. The van der Waals surface area contributed by atoms with Crippen molar-refractivity contribution in [3.8, 4) is 5.75 Å². The van der Waals surface area contributed by atoms with Crippen molar-refractivity contribution in [1.29, 1.82) is 0 Å². The lowest BCUT2D eigenvalue weighted by Crippen LogP contribution is -2.51. The molecule has 1 unspecified atom stereocenters. The number of amides is 1. The third-order valence-corrected chi connectivity index (χ3v) is 4.65. The zero-order chi connectivity index (χ0) is 15.4. The molecular formula is C17H27Cl2N3O2. The second-order valence-electron chi connectivity index (χ2n) is 6.31. The van der Waals surface area contributed by atoms with E-state index in [9.17, 15) is 9.90 Å². The third-order valence-electron chi connectivity index (χ3n) is 4.65. The van der Waals surface area contributed by atoms with Crippen molar-refractivity contribution >= 4 is 30.7 Å². The van der Waals surface area contributed by atoms with Crippen LogP contribution in [0.2, 0.25) is 0 Å². The van der Waals surface area contributed by atoms with Crippen LogP contribution < -0.4 is 5.32 Å². The Hall–Kier alpha value is -1.01. The van der Waals surface area contributed by atoms with Crippen molar-refractivity contribution in [3.05, 3.63) is 29.8 Å². The van der Waals surface area contributed by atoms with Gasteiger partial charge in [0.15, 0.2) is 0 Å². The Labute approximate surface area is 156 Å². The number of benzene rings is 1. The number of aromatic hydroxyl groups is 1. The predicted molar refractivity (Wildman–Crippen MR) is 100 cm³/mol. The van der Waals surface area contributed by atoms with Crippen LogP contribution in [0.1, 0.15) is 18.4 Å². The van der Waals surface area contributed by atoms with Crippen molar-refractivity contribution in [2.24, 2.45) is 5.92 Å². The van der Waals surface area contributed by atoms with E-state index in [1.807, 2.05) is 23.1 Å². The van der Waals surface area contributed by atoms with Crippen molar-refractivity contribution in [2.45, 2.75) is 19.4 Å². The highest BCUT2D eigenvalue weighted by Crippen LogP contribution is 2.17. The van der Waals surface area contributed by atoms with Gasteiger partial charge in [-0.25, -0.2) is 0 Å². The van der Waals surface area contributed by atoms with E-state index in [0.717, 1.165) is 64.2 Å². The average Bonchev–Trinajstić information content (AvgIpc) is 2.56. The Kier molecular flexibility index (Phi) is 8.84. The highest BCUT2D eigenvalue weighted by atomic mass is 35.5. The molecule has 0 saturated carbocycles. The number of hydrogen-bond acceptors (Lipinski definition) is 4. The summed E-state index contributed by atoms with van der Waals surface area (Å²) in [7, 11) is 0. The fourth-order valence-corrected chi connectivity index (χ4v) is 3.36. The molecule has 136 valence electrons. The van der Waals surface area contributed by atoms with Gasteiger partial charge in [-0.1, -0.05) is 12.1 Å². The molecular weight excluding hydrogens is 349 g/mol. The Balaban J connectivity index is 0.00000144. The molecule has 2 aliphatic rings. The van der Waals surface area contributed by atoms with Gasteiger partial charge in [-0.05, 0) is 37.1 Å². The summed E-state index contributed by atoms with van der Waals surface area (Å²) in [6.07, 6.45) is 2.13. The van der Waals surface area contributed by atoms with E-state index in [4.69, 9.17) is 0 Å². The maximum atomic E-state index is 12.5. The summed E-state index contributed by atoms with van der Waals surface area (Å²) in [5, 5.41) is 12.8. The number of nitrogens with one attached hydrogen (secondary N) is 1. The molecule has 0 aliphatic carbocycles. The van der Waals surface area contributed by atoms with E-state index in [1.54, 1.807) is 6.07 Å². The molecule has 2 aliphatic heterocycles. The van der Waals surface area contributed by atoms with Gasteiger partial charge in [0, 0.05) is 39.3 Å². The molecule has 0 aromatic heterocycles. The predicted octanol–water partition coefficient (Wildman–Crippen LogP) is 1.88. The highest BCUT2D eigenvalue weighted by Gasteiger charge is 2.28. The minimum atomic E-state index is 0. The number of piperidine rings is 1. The van der Waals surface area contributed by atoms with Gasteiger partial charge in [0.25, 0.3) is 0 Å². The molecule has 1 amide bonds. The minimum absolute atomic E-state index is 0. The SMILES string of the molecule is Cl.Cl.O=C(C1CCCNC1)N1CCN(Cc2cccc(O)c2)CC1. The number of phenolic OH excluding ortho intramolecular Hbond substituents is 1. The number of halogens is 2. The number of piperazine rings is 1. The third kappa shape index (κ3) is 5.52. The minimum Gasteiger partial charge on any atom is -0.508 e. The molecule has 2 fully saturated rings. The maximum Gasteiger partial charge on any atom is 0.227 e. The summed E-state index contributed by atoms with van der Waals surface area (Å²) in [6.45, 7) is 6.15. The summed E-state index contributed by atoms with van der Waals surface area (Å²) in [5.74, 6) is 0.812. The average molecular weight is 376 g/mol. The van der Waals surface area contributed by atoms with Gasteiger partial charge in [-0.15, -0.1) is 24.8 Å². The van der Waals surface area contributed by atoms with Crippen molar-refractivity contribution in [3.63, 3.8) is 0 Å². The first kappa shape index (κ1) is 21.0. The first-order valence-electron chi connectivity index (χ1n) is 8.22. The van der Waals surface area contributed by atoms with Crippen LogP contribution in [0.3, 0.4) is 0 Å². The molecule has 3 rings (SSSR count). The summed E-state index contributed by atoms with van der Waals surface area (Å²) in [4.78, 5) is 16.9. The maximum absolute atomic E-state index is 12.5. The number of rotatable bonds is 3. The van der Waals surface area contributed by atoms with E-state index >= 15 is 0 Å². The lowest BCUT2D eigenvalue weighted by molar-refractivity contribution is -0.137. The Morgan fingerprint density at radius 1 is 1.21 bits per heavy atom.